The largest absolute Gasteiger partial charge is 0.313 e. The second-order valence-corrected chi connectivity index (χ2v) is 7.58. The van der Waals surface area contributed by atoms with Gasteiger partial charge in [-0.3, -0.25) is 0 Å². The Balaban J connectivity index is 1.69. The highest BCUT2D eigenvalue weighted by atomic mass is 32.2. The van der Waals surface area contributed by atoms with Crippen molar-refractivity contribution in [3.05, 3.63) is 0 Å². The van der Waals surface area contributed by atoms with E-state index in [2.05, 4.69) is 12.2 Å². The number of sulfonamides is 1. The maximum absolute atomic E-state index is 11.6. The minimum Gasteiger partial charge on any atom is -0.313 e. The van der Waals surface area contributed by atoms with E-state index in [9.17, 15) is 8.42 Å². The molecule has 2 fully saturated rings. The van der Waals surface area contributed by atoms with E-state index in [-0.39, 0.29) is 0 Å². The third-order valence-corrected chi connectivity index (χ3v) is 5.89. The van der Waals surface area contributed by atoms with Gasteiger partial charge in [0.25, 0.3) is 0 Å². The predicted octanol–water partition coefficient (Wildman–Crippen LogP) is 1.19. The van der Waals surface area contributed by atoms with Crippen molar-refractivity contribution < 1.29 is 8.42 Å². The van der Waals surface area contributed by atoms with E-state index < -0.39 is 10.0 Å². The van der Waals surface area contributed by atoms with Crippen LogP contribution in [-0.2, 0) is 10.0 Å². The van der Waals surface area contributed by atoms with Crippen LogP contribution < -0.4 is 5.32 Å². The van der Waals surface area contributed by atoms with Crippen LogP contribution in [0.3, 0.4) is 0 Å². The van der Waals surface area contributed by atoms with E-state index in [1.54, 1.807) is 4.31 Å². The molecule has 1 saturated carbocycles. The first-order valence-electron chi connectivity index (χ1n) is 6.79. The van der Waals surface area contributed by atoms with E-state index in [0.29, 0.717) is 24.9 Å². The quantitative estimate of drug-likeness (QED) is 0.826. The highest BCUT2D eigenvalue weighted by molar-refractivity contribution is 7.89. The second kappa shape index (κ2) is 5.67. The van der Waals surface area contributed by atoms with Crippen LogP contribution in [0, 0.1) is 5.92 Å². The Morgan fingerprint density at radius 1 is 1.29 bits per heavy atom. The van der Waals surface area contributed by atoms with Crippen molar-refractivity contribution in [3.8, 4) is 0 Å². The van der Waals surface area contributed by atoms with Crippen molar-refractivity contribution in [1.82, 2.24) is 9.62 Å². The van der Waals surface area contributed by atoms with Crippen LogP contribution in [0.2, 0.25) is 0 Å². The summed E-state index contributed by atoms with van der Waals surface area (Å²) in [5.74, 6) is 1.16. The van der Waals surface area contributed by atoms with Gasteiger partial charge in [-0.25, -0.2) is 12.7 Å². The molecule has 0 aromatic carbocycles. The molecule has 1 saturated heterocycles. The van der Waals surface area contributed by atoms with Gasteiger partial charge in [-0.15, -0.1) is 0 Å². The van der Waals surface area contributed by atoms with Gasteiger partial charge in [0.1, 0.15) is 0 Å². The summed E-state index contributed by atoms with van der Waals surface area (Å²) in [7, 11) is -2.91. The molecule has 0 spiro atoms. The summed E-state index contributed by atoms with van der Waals surface area (Å²) in [6.45, 7) is 4.47. The minimum absolute atomic E-state index is 0.341. The number of nitrogens with one attached hydrogen (secondary N) is 1. The Morgan fingerprint density at radius 2 is 2.12 bits per heavy atom. The van der Waals surface area contributed by atoms with Crippen molar-refractivity contribution >= 4 is 10.0 Å². The third kappa shape index (κ3) is 3.66. The first-order chi connectivity index (χ1) is 8.08. The topological polar surface area (TPSA) is 49.4 Å². The molecular weight excluding hydrogens is 236 g/mol. The molecule has 0 radical (unpaired) electrons. The van der Waals surface area contributed by atoms with Gasteiger partial charge in [0, 0.05) is 25.7 Å². The zero-order valence-corrected chi connectivity index (χ0v) is 11.5. The van der Waals surface area contributed by atoms with Crippen LogP contribution in [0.4, 0.5) is 0 Å². The summed E-state index contributed by atoms with van der Waals surface area (Å²) in [6.07, 6.45) is 5.94. The normalized spacial score (nSPS) is 33.9. The van der Waals surface area contributed by atoms with Gasteiger partial charge in [-0.05, 0) is 25.2 Å². The van der Waals surface area contributed by atoms with E-state index in [1.165, 1.54) is 25.7 Å². The lowest BCUT2D eigenvalue weighted by Gasteiger charge is -2.28. The standard InChI is InChI=1S/C12H24N2O2S/c1-11-4-2-5-12(10-11)13-6-8-14-7-3-9-17(14,15)16/h11-13H,2-10H2,1H3. The van der Waals surface area contributed by atoms with Crippen molar-refractivity contribution in [2.45, 2.75) is 45.1 Å². The monoisotopic (exact) mass is 260 g/mol. The first kappa shape index (κ1) is 13.3. The number of rotatable bonds is 4. The van der Waals surface area contributed by atoms with Crippen LogP contribution in [0.15, 0.2) is 0 Å². The van der Waals surface area contributed by atoms with Gasteiger partial charge in [-0.1, -0.05) is 19.8 Å². The van der Waals surface area contributed by atoms with Crippen LogP contribution in [-0.4, -0.2) is 44.2 Å². The molecule has 2 rings (SSSR count). The molecule has 1 aliphatic heterocycles. The van der Waals surface area contributed by atoms with Gasteiger partial charge in [0.05, 0.1) is 5.75 Å². The lowest BCUT2D eigenvalue weighted by molar-refractivity contribution is 0.295. The predicted molar refractivity (Wildman–Crippen MR) is 69.4 cm³/mol. The summed E-state index contributed by atoms with van der Waals surface area (Å²) < 4.78 is 24.8. The smallest absolute Gasteiger partial charge is 0.214 e. The van der Waals surface area contributed by atoms with Crippen LogP contribution in [0.1, 0.15) is 39.0 Å². The van der Waals surface area contributed by atoms with E-state index >= 15 is 0 Å². The molecule has 1 heterocycles. The molecule has 4 nitrogen and oxygen atoms in total. The Morgan fingerprint density at radius 3 is 2.76 bits per heavy atom. The Labute approximate surface area is 105 Å². The van der Waals surface area contributed by atoms with Crippen molar-refractivity contribution in [2.75, 3.05) is 25.4 Å². The molecule has 2 unspecified atom stereocenters. The van der Waals surface area contributed by atoms with Crippen molar-refractivity contribution in [2.24, 2.45) is 5.92 Å². The minimum atomic E-state index is -2.91. The van der Waals surface area contributed by atoms with Crippen molar-refractivity contribution in [3.63, 3.8) is 0 Å². The summed E-state index contributed by atoms with van der Waals surface area (Å²) in [5.41, 5.74) is 0. The maximum Gasteiger partial charge on any atom is 0.214 e. The zero-order valence-electron chi connectivity index (χ0n) is 10.7. The molecule has 5 heteroatoms. The zero-order chi connectivity index (χ0) is 12.3. The second-order valence-electron chi connectivity index (χ2n) is 5.49. The summed E-state index contributed by atoms with van der Waals surface area (Å²) in [5, 5.41) is 3.51. The first-order valence-corrected chi connectivity index (χ1v) is 8.40. The lowest BCUT2D eigenvalue weighted by atomic mass is 9.87. The summed E-state index contributed by atoms with van der Waals surface area (Å²) in [4.78, 5) is 0. The van der Waals surface area contributed by atoms with E-state index in [1.807, 2.05) is 0 Å². The lowest BCUT2D eigenvalue weighted by Crippen LogP contribution is -2.39. The molecule has 100 valence electrons. The summed E-state index contributed by atoms with van der Waals surface area (Å²) in [6, 6.07) is 0.601. The van der Waals surface area contributed by atoms with Crippen LogP contribution in [0.25, 0.3) is 0 Å². The molecule has 1 aliphatic carbocycles. The molecule has 2 atom stereocenters. The number of hydrogen-bond acceptors (Lipinski definition) is 3. The van der Waals surface area contributed by atoms with Gasteiger partial charge in [0.2, 0.25) is 10.0 Å². The van der Waals surface area contributed by atoms with Gasteiger partial charge >= 0.3 is 0 Å². The molecule has 0 amide bonds. The Hall–Kier alpha value is -0.130. The van der Waals surface area contributed by atoms with Gasteiger partial charge in [0.15, 0.2) is 0 Å². The fourth-order valence-corrected chi connectivity index (χ4v) is 4.48. The fourth-order valence-electron chi connectivity index (χ4n) is 2.96. The SMILES string of the molecule is CC1CCCC(NCCN2CCCS2(=O)=O)C1. The van der Waals surface area contributed by atoms with E-state index in [0.717, 1.165) is 18.9 Å². The van der Waals surface area contributed by atoms with Crippen LogP contribution >= 0.6 is 0 Å². The molecule has 0 aromatic rings. The van der Waals surface area contributed by atoms with Gasteiger partial charge in [-0.2, -0.15) is 0 Å². The number of nitrogens with zero attached hydrogens (tertiary/aromatic N) is 1. The Bertz CT molecular complexity index is 342. The highest BCUT2D eigenvalue weighted by Gasteiger charge is 2.27. The molecule has 1 N–H and O–H groups in total. The highest BCUT2D eigenvalue weighted by Crippen LogP contribution is 2.23. The molecule has 0 aromatic heterocycles. The van der Waals surface area contributed by atoms with Gasteiger partial charge < -0.3 is 5.32 Å². The fraction of sp³-hybridized carbons (Fsp3) is 1.00. The third-order valence-electron chi connectivity index (χ3n) is 3.93. The van der Waals surface area contributed by atoms with Crippen LogP contribution in [0.5, 0.6) is 0 Å². The Kier molecular flexibility index (Phi) is 4.44. The molecular formula is C12H24N2O2S. The molecule has 0 bridgehead atoms. The molecule has 2 aliphatic rings. The van der Waals surface area contributed by atoms with E-state index in [4.69, 9.17) is 0 Å². The summed E-state index contributed by atoms with van der Waals surface area (Å²) >= 11 is 0. The number of hydrogen-bond donors (Lipinski definition) is 1. The molecule has 17 heavy (non-hydrogen) atoms. The average molecular weight is 260 g/mol. The van der Waals surface area contributed by atoms with Crippen molar-refractivity contribution in [1.29, 1.82) is 0 Å². The average Bonchev–Trinajstić information content (AvgIpc) is 2.58. The maximum atomic E-state index is 11.6.